The van der Waals surface area contributed by atoms with Gasteiger partial charge in [0.25, 0.3) is 5.91 Å². The molecule has 5 nitrogen and oxygen atoms in total. The number of amides is 1. The van der Waals surface area contributed by atoms with Gasteiger partial charge in [-0.05, 0) is 28.8 Å². The van der Waals surface area contributed by atoms with E-state index in [1.54, 1.807) is 12.5 Å². The second kappa shape index (κ2) is 7.54. The minimum atomic E-state index is -0.0679. The number of nitrogens with one attached hydrogen (secondary N) is 1. The van der Waals surface area contributed by atoms with Crippen LogP contribution in [-0.2, 0) is 24.3 Å². The van der Waals surface area contributed by atoms with E-state index >= 15 is 0 Å². The zero-order chi connectivity index (χ0) is 17.8. The highest BCUT2D eigenvalue weighted by Crippen LogP contribution is 2.19. The van der Waals surface area contributed by atoms with Crippen LogP contribution in [0.2, 0.25) is 0 Å². The highest BCUT2D eigenvalue weighted by atomic mass is 16.5. The molecule has 1 unspecified atom stereocenters. The highest BCUT2D eigenvalue weighted by molar-refractivity contribution is 5.94. The summed E-state index contributed by atoms with van der Waals surface area (Å²) in [6.45, 7) is 1.88. The van der Waals surface area contributed by atoms with Gasteiger partial charge >= 0.3 is 0 Å². The van der Waals surface area contributed by atoms with Crippen LogP contribution in [0.15, 0.2) is 67.3 Å². The molecule has 2 aromatic carbocycles. The normalized spacial score (nSPS) is 16.1. The summed E-state index contributed by atoms with van der Waals surface area (Å²) in [7, 11) is 0. The van der Waals surface area contributed by atoms with Crippen LogP contribution >= 0.6 is 0 Å². The number of nitrogens with zero attached hydrogens (tertiary/aromatic N) is 2. The van der Waals surface area contributed by atoms with E-state index < -0.39 is 0 Å². The first-order valence-corrected chi connectivity index (χ1v) is 8.79. The minimum absolute atomic E-state index is 0.0226. The molecule has 132 valence electrons. The van der Waals surface area contributed by atoms with E-state index in [4.69, 9.17) is 4.74 Å². The molecule has 3 aromatic rings. The van der Waals surface area contributed by atoms with Gasteiger partial charge in [0.15, 0.2) is 0 Å². The maximum absolute atomic E-state index is 12.4. The summed E-state index contributed by atoms with van der Waals surface area (Å²) in [6, 6.07) is 16.0. The molecule has 0 fully saturated rings. The average molecular weight is 347 g/mol. The Morgan fingerprint density at radius 2 is 1.96 bits per heavy atom. The van der Waals surface area contributed by atoms with Crippen molar-refractivity contribution in [3.8, 4) is 0 Å². The standard InChI is InChI=1S/C21H21N3O2/c25-21(17-7-5-16(6-8-17)13-24-10-9-22-15-24)23-12-20-11-18-3-1-2-4-19(18)14-26-20/h1-10,15,20H,11-14H2,(H,23,25). The van der Waals surface area contributed by atoms with Crippen LogP contribution in [0.1, 0.15) is 27.0 Å². The number of fused-ring (bicyclic) bond motifs is 1. The van der Waals surface area contributed by atoms with Crippen LogP contribution in [0.3, 0.4) is 0 Å². The minimum Gasteiger partial charge on any atom is -0.371 e. The fraction of sp³-hybridized carbons (Fsp3) is 0.238. The molecule has 0 aliphatic carbocycles. The number of hydrogen-bond donors (Lipinski definition) is 1. The fourth-order valence-electron chi connectivity index (χ4n) is 3.20. The highest BCUT2D eigenvalue weighted by Gasteiger charge is 2.19. The number of aromatic nitrogens is 2. The zero-order valence-corrected chi connectivity index (χ0v) is 14.5. The van der Waals surface area contributed by atoms with Crippen LogP contribution in [0.5, 0.6) is 0 Å². The molecule has 1 aliphatic heterocycles. The van der Waals surface area contributed by atoms with Crippen molar-refractivity contribution in [3.05, 3.63) is 89.5 Å². The number of carbonyl (C=O) groups excluding carboxylic acids is 1. The molecule has 0 spiro atoms. The Morgan fingerprint density at radius 3 is 2.73 bits per heavy atom. The number of rotatable bonds is 5. The number of benzene rings is 2. The van der Waals surface area contributed by atoms with Crippen molar-refractivity contribution >= 4 is 5.91 Å². The van der Waals surface area contributed by atoms with Gasteiger partial charge in [-0.1, -0.05) is 36.4 Å². The molecule has 1 amide bonds. The third-order valence-electron chi connectivity index (χ3n) is 4.67. The van der Waals surface area contributed by atoms with Crippen molar-refractivity contribution in [1.29, 1.82) is 0 Å². The van der Waals surface area contributed by atoms with Crippen molar-refractivity contribution < 1.29 is 9.53 Å². The van der Waals surface area contributed by atoms with Crippen molar-refractivity contribution in [2.75, 3.05) is 6.54 Å². The zero-order valence-electron chi connectivity index (χ0n) is 14.5. The lowest BCUT2D eigenvalue weighted by Gasteiger charge is -2.25. The molecule has 5 heteroatoms. The summed E-state index contributed by atoms with van der Waals surface area (Å²) in [5.74, 6) is -0.0679. The smallest absolute Gasteiger partial charge is 0.251 e. The molecule has 1 aromatic heterocycles. The van der Waals surface area contributed by atoms with E-state index in [-0.39, 0.29) is 12.0 Å². The Hall–Kier alpha value is -2.92. The largest absolute Gasteiger partial charge is 0.371 e. The number of imidazole rings is 1. The molecule has 0 bridgehead atoms. The molecule has 0 saturated heterocycles. The summed E-state index contributed by atoms with van der Waals surface area (Å²) < 4.78 is 7.84. The van der Waals surface area contributed by atoms with Gasteiger partial charge in [-0.15, -0.1) is 0 Å². The quantitative estimate of drug-likeness (QED) is 0.772. The molecule has 0 radical (unpaired) electrons. The Morgan fingerprint density at radius 1 is 1.15 bits per heavy atom. The van der Waals surface area contributed by atoms with Gasteiger partial charge in [-0.25, -0.2) is 4.98 Å². The summed E-state index contributed by atoms with van der Waals surface area (Å²) in [4.78, 5) is 16.4. The lowest BCUT2D eigenvalue weighted by atomic mass is 9.99. The number of carbonyl (C=O) groups is 1. The predicted molar refractivity (Wildman–Crippen MR) is 98.8 cm³/mol. The van der Waals surface area contributed by atoms with Crippen LogP contribution in [0, 0.1) is 0 Å². The Bertz CT molecular complexity index is 873. The number of ether oxygens (including phenoxy) is 1. The van der Waals surface area contributed by atoms with Gasteiger partial charge in [-0.3, -0.25) is 4.79 Å². The van der Waals surface area contributed by atoms with E-state index in [0.717, 1.165) is 18.5 Å². The van der Waals surface area contributed by atoms with E-state index in [9.17, 15) is 4.79 Å². The first-order valence-electron chi connectivity index (χ1n) is 8.79. The second-order valence-corrected chi connectivity index (χ2v) is 6.55. The molecule has 26 heavy (non-hydrogen) atoms. The van der Waals surface area contributed by atoms with Crippen LogP contribution in [0.25, 0.3) is 0 Å². The Balaban J connectivity index is 1.31. The Labute approximate surface area is 152 Å². The summed E-state index contributed by atoms with van der Waals surface area (Å²) in [5.41, 5.74) is 4.34. The lowest BCUT2D eigenvalue weighted by Crippen LogP contribution is -2.36. The monoisotopic (exact) mass is 347 g/mol. The molecule has 0 saturated carbocycles. The molecule has 4 rings (SSSR count). The van der Waals surface area contributed by atoms with E-state index in [1.807, 2.05) is 47.2 Å². The maximum atomic E-state index is 12.4. The number of hydrogen-bond acceptors (Lipinski definition) is 3. The summed E-state index contributed by atoms with van der Waals surface area (Å²) >= 11 is 0. The molecule has 1 atom stereocenters. The first kappa shape index (κ1) is 16.5. The summed E-state index contributed by atoms with van der Waals surface area (Å²) in [6.07, 6.45) is 6.31. The third-order valence-corrected chi connectivity index (χ3v) is 4.67. The van der Waals surface area contributed by atoms with Gasteiger partial charge in [0.2, 0.25) is 0 Å². The lowest BCUT2D eigenvalue weighted by molar-refractivity contribution is 0.0285. The Kier molecular flexibility index (Phi) is 4.80. The van der Waals surface area contributed by atoms with Gasteiger partial charge in [-0.2, -0.15) is 0 Å². The molecular weight excluding hydrogens is 326 g/mol. The van der Waals surface area contributed by atoms with Crippen molar-refractivity contribution in [1.82, 2.24) is 14.9 Å². The average Bonchev–Trinajstić information content (AvgIpc) is 3.19. The van der Waals surface area contributed by atoms with Crippen molar-refractivity contribution in [2.45, 2.75) is 25.7 Å². The van der Waals surface area contributed by atoms with Gasteiger partial charge < -0.3 is 14.6 Å². The van der Waals surface area contributed by atoms with Crippen molar-refractivity contribution in [2.24, 2.45) is 0 Å². The molecule has 2 heterocycles. The van der Waals surface area contributed by atoms with Crippen LogP contribution in [-0.4, -0.2) is 28.1 Å². The van der Waals surface area contributed by atoms with Gasteiger partial charge in [0.1, 0.15) is 0 Å². The molecule has 1 aliphatic rings. The topological polar surface area (TPSA) is 56.1 Å². The fourth-order valence-corrected chi connectivity index (χ4v) is 3.20. The first-order chi connectivity index (χ1) is 12.8. The predicted octanol–water partition coefficient (Wildman–Crippen LogP) is 2.80. The molecule has 1 N–H and O–H groups in total. The van der Waals surface area contributed by atoms with Crippen LogP contribution < -0.4 is 5.32 Å². The third kappa shape index (κ3) is 3.83. The van der Waals surface area contributed by atoms with E-state index in [2.05, 4.69) is 22.4 Å². The van der Waals surface area contributed by atoms with Crippen LogP contribution in [0.4, 0.5) is 0 Å². The van der Waals surface area contributed by atoms with Crippen molar-refractivity contribution in [3.63, 3.8) is 0 Å². The molecular formula is C21H21N3O2. The second-order valence-electron chi connectivity index (χ2n) is 6.55. The summed E-state index contributed by atoms with van der Waals surface area (Å²) in [5, 5.41) is 2.99. The maximum Gasteiger partial charge on any atom is 0.251 e. The SMILES string of the molecule is O=C(NCC1Cc2ccccc2CO1)c1ccc(Cn2ccnc2)cc1. The van der Waals surface area contributed by atoms with E-state index in [0.29, 0.717) is 18.7 Å². The van der Waals surface area contributed by atoms with E-state index in [1.165, 1.54) is 11.1 Å². The van der Waals surface area contributed by atoms with Gasteiger partial charge in [0, 0.05) is 37.5 Å². The van der Waals surface area contributed by atoms with Gasteiger partial charge in [0.05, 0.1) is 19.0 Å².